The molecule has 1 aromatic carbocycles. The van der Waals surface area contributed by atoms with E-state index in [9.17, 15) is 14.4 Å². The summed E-state index contributed by atoms with van der Waals surface area (Å²) in [7, 11) is 0. The highest BCUT2D eigenvalue weighted by atomic mass is 16.2. The molecule has 0 radical (unpaired) electrons. The Morgan fingerprint density at radius 2 is 2.05 bits per heavy atom. The van der Waals surface area contributed by atoms with Crippen molar-refractivity contribution in [1.82, 2.24) is 10.2 Å². The lowest BCUT2D eigenvalue weighted by Crippen LogP contribution is -2.52. The second-order valence-corrected chi connectivity index (χ2v) is 4.77. The second-order valence-electron chi connectivity index (χ2n) is 4.77. The molecule has 1 unspecified atom stereocenters. The zero-order valence-corrected chi connectivity index (χ0v) is 10.2. The van der Waals surface area contributed by atoms with Gasteiger partial charge in [-0.05, 0) is 18.6 Å². The summed E-state index contributed by atoms with van der Waals surface area (Å²) in [5.74, 6) is -0.891. The number of nitrogens with zero attached hydrogens (tertiary/aromatic N) is 1. The van der Waals surface area contributed by atoms with E-state index in [-0.39, 0.29) is 18.2 Å². The summed E-state index contributed by atoms with van der Waals surface area (Å²) in [5.41, 5.74) is 7.71. The Morgan fingerprint density at radius 3 is 2.74 bits per heavy atom. The van der Waals surface area contributed by atoms with E-state index in [4.69, 9.17) is 5.73 Å². The number of nitrogens with two attached hydrogens (primary N) is 1. The first-order valence-electron chi connectivity index (χ1n) is 6.10. The van der Waals surface area contributed by atoms with E-state index < -0.39 is 11.9 Å². The van der Waals surface area contributed by atoms with Crippen molar-refractivity contribution >= 4 is 23.4 Å². The van der Waals surface area contributed by atoms with Crippen molar-refractivity contribution in [1.29, 1.82) is 0 Å². The number of amides is 3. The Kier molecular flexibility index (Phi) is 2.51. The third kappa shape index (κ3) is 1.76. The molecule has 1 atom stereocenters. The fraction of sp³-hybridized carbons (Fsp3) is 0.308. The fourth-order valence-electron chi connectivity index (χ4n) is 2.61. The Morgan fingerprint density at radius 1 is 1.26 bits per heavy atom. The van der Waals surface area contributed by atoms with Gasteiger partial charge in [-0.25, -0.2) is 0 Å². The monoisotopic (exact) mass is 261 g/mol. The maximum Gasteiger partial charge on any atom is 0.255 e. The summed E-state index contributed by atoms with van der Waals surface area (Å²) >= 11 is 0. The third-order valence-electron chi connectivity index (χ3n) is 3.62. The van der Waals surface area contributed by atoms with Gasteiger partial charge < -0.3 is 10.6 Å². The highest BCUT2D eigenvalue weighted by Gasteiger charge is 2.39. The summed E-state index contributed by atoms with van der Waals surface area (Å²) in [4.78, 5) is 36.7. The largest absolute Gasteiger partial charge is 0.398 e. The Balaban J connectivity index is 1.90. The SMILES string of the molecule is Nc1cccc2c1CN([13CH]1CC[13C](=O)NC1=O)C2=O. The van der Waals surface area contributed by atoms with E-state index in [0.717, 1.165) is 5.56 Å². The van der Waals surface area contributed by atoms with Gasteiger partial charge >= 0.3 is 0 Å². The summed E-state index contributed by atoms with van der Waals surface area (Å²) in [6.45, 7) is 0.327. The van der Waals surface area contributed by atoms with Gasteiger partial charge in [0.1, 0.15) is 6.04 Å². The minimum Gasteiger partial charge on any atom is -0.398 e. The molecule has 0 aromatic heterocycles. The van der Waals surface area contributed by atoms with Crippen LogP contribution in [-0.2, 0) is 16.1 Å². The maximum absolute atomic E-state index is 12.3. The van der Waals surface area contributed by atoms with Crippen LogP contribution in [0.2, 0.25) is 0 Å². The van der Waals surface area contributed by atoms with E-state index in [2.05, 4.69) is 5.32 Å². The molecule has 3 rings (SSSR count). The first kappa shape index (κ1) is 11.7. The lowest BCUT2D eigenvalue weighted by atomic mass is 10.1. The Bertz CT molecular complexity index is 597. The molecule has 1 aromatic rings. The summed E-state index contributed by atoms with van der Waals surface area (Å²) in [6.07, 6.45) is 0.621. The molecule has 0 saturated carbocycles. The zero-order chi connectivity index (χ0) is 13.6. The van der Waals surface area contributed by atoms with E-state index >= 15 is 0 Å². The molecule has 2 aliphatic rings. The van der Waals surface area contributed by atoms with Crippen LogP contribution in [0.25, 0.3) is 0 Å². The molecule has 1 saturated heterocycles. The molecule has 2 aliphatic heterocycles. The fourth-order valence-corrected chi connectivity index (χ4v) is 2.61. The number of nitrogens with one attached hydrogen (secondary N) is 1. The van der Waals surface area contributed by atoms with E-state index in [1.807, 2.05) is 0 Å². The smallest absolute Gasteiger partial charge is 0.255 e. The van der Waals surface area contributed by atoms with Crippen LogP contribution in [0.15, 0.2) is 18.2 Å². The van der Waals surface area contributed by atoms with Crippen molar-refractivity contribution < 1.29 is 14.4 Å². The van der Waals surface area contributed by atoms with Crippen molar-refractivity contribution in [2.45, 2.75) is 25.4 Å². The van der Waals surface area contributed by atoms with Gasteiger partial charge in [0.2, 0.25) is 11.8 Å². The number of imide groups is 1. The summed E-state index contributed by atoms with van der Waals surface area (Å²) in [6, 6.07) is 4.58. The average Bonchev–Trinajstić information content (AvgIpc) is 2.69. The van der Waals surface area contributed by atoms with Gasteiger partial charge in [-0.1, -0.05) is 6.07 Å². The normalized spacial score (nSPS) is 22.4. The van der Waals surface area contributed by atoms with Gasteiger partial charge in [0, 0.05) is 29.8 Å². The molecule has 6 heteroatoms. The van der Waals surface area contributed by atoms with Gasteiger partial charge in [0.25, 0.3) is 5.91 Å². The van der Waals surface area contributed by atoms with Gasteiger partial charge in [-0.2, -0.15) is 0 Å². The number of hydrogen-bond acceptors (Lipinski definition) is 4. The van der Waals surface area contributed by atoms with Gasteiger partial charge in [-0.3, -0.25) is 19.7 Å². The first-order valence-corrected chi connectivity index (χ1v) is 6.10. The molecule has 0 bridgehead atoms. The predicted molar refractivity (Wildman–Crippen MR) is 66.9 cm³/mol. The van der Waals surface area contributed by atoms with Crippen LogP contribution in [-0.4, -0.2) is 28.7 Å². The van der Waals surface area contributed by atoms with Crippen molar-refractivity contribution in [3.63, 3.8) is 0 Å². The molecule has 3 N–H and O–H groups in total. The highest BCUT2D eigenvalue weighted by Crippen LogP contribution is 2.30. The van der Waals surface area contributed by atoms with Crippen LogP contribution in [0.1, 0.15) is 28.8 Å². The van der Waals surface area contributed by atoms with E-state index in [0.29, 0.717) is 24.2 Å². The van der Waals surface area contributed by atoms with Crippen molar-refractivity contribution in [3.05, 3.63) is 29.3 Å². The quantitative estimate of drug-likeness (QED) is 0.424. The molecular weight excluding hydrogens is 248 g/mol. The standard InChI is InChI=1S/C13H13N3O3/c14-9-3-1-2-7-8(9)6-16(13(7)19)10-4-5-11(17)15-12(10)18/h1-3,10H,4-6,14H2,(H,15,17,18)/i10+1,11+1. The minimum atomic E-state index is -0.586. The second kappa shape index (κ2) is 4.08. The topological polar surface area (TPSA) is 92.5 Å². The Labute approximate surface area is 109 Å². The number of rotatable bonds is 1. The molecular formula is C13H13N3O3. The lowest BCUT2D eigenvalue weighted by molar-refractivity contribution is -0.136. The molecule has 2 heterocycles. The van der Waals surface area contributed by atoms with Crippen molar-refractivity contribution in [2.24, 2.45) is 0 Å². The number of nitrogen functional groups attached to an aromatic ring is 1. The number of anilines is 1. The van der Waals surface area contributed by atoms with Crippen LogP contribution in [0.3, 0.4) is 0 Å². The number of hydrogen-bond donors (Lipinski definition) is 2. The Hall–Kier alpha value is -2.37. The van der Waals surface area contributed by atoms with Crippen LogP contribution < -0.4 is 11.1 Å². The molecule has 6 nitrogen and oxygen atoms in total. The molecule has 0 aliphatic carbocycles. The van der Waals surface area contributed by atoms with Crippen LogP contribution in [0, 0.1) is 0 Å². The predicted octanol–water partition coefficient (Wildman–Crippen LogP) is 0.0298. The van der Waals surface area contributed by atoms with Crippen LogP contribution in [0.4, 0.5) is 5.69 Å². The number of carbonyl (C=O) groups is 3. The third-order valence-corrected chi connectivity index (χ3v) is 3.62. The number of piperidine rings is 1. The maximum atomic E-state index is 12.3. The van der Waals surface area contributed by atoms with Crippen LogP contribution >= 0.6 is 0 Å². The number of carbonyl (C=O) groups excluding carboxylic acids is 3. The summed E-state index contributed by atoms with van der Waals surface area (Å²) in [5, 5.41) is 2.27. The van der Waals surface area contributed by atoms with E-state index in [1.165, 1.54) is 4.90 Å². The molecule has 19 heavy (non-hydrogen) atoms. The van der Waals surface area contributed by atoms with Gasteiger partial charge in [0.15, 0.2) is 0 Å². The first-order chi connectivity index (χ1) is 9.08. The number of benzene rings is 1. The van der Waals surface area contributed by atoms with E-state index in [1.54, 1.807) is 18.2 Å². The number of fused-ring (bicyclic) bond motifs is 1. The molecule has 0 spiro atoms. The molecule has 98 valence electrons. The van der Waals surface area contributed by atoms with Crippen molar-refractivity contribution in [2.75, 3.05) is 5.73 Å². The van der Waals surface area contributed by atoms with Crippen LogP contribution in [0.5, 0.6) is 0 Å². The van der Waals surface area contributed by atoms with Gasteiger partial charge in [-0.15, -0.1) is 0 Å². The average molecular weight is 261 g/mol. The van der Waals surface area contributed by atoms with Crippen molar-refractivity contribution in [3.8, 4) is 0 Å². The van der Waals surface area contributed by atoms with Gasteiger partial charge in [0.05, 0.1) is 0 Å². The zero-order valence-electron chi connectivity index (χ0n) is 10.2. The molecule has 1 fully saturated rings. The minimum absolute atomic E-state index is 0.197. The summed E-state index contributed by atoms with van der Waals surface area (Å²) < 4.78 is 0. The lowest BCUT2D eigenvalue weighted by Gasteiger charge is -2.29. The highest BCUT2D eigenvalue weighted by molar-refractivity contribution is 6.06. The molecule has 3 amide bonds.